The summed E-state index contributed by atoms with van der Waals surface area (Å²) in [5.41, 5.74) is 9.84. The highest BCUT2D eigenvalue weighted by molar-refractivity contribution is 7.13. The molecule has 2 heterocycles. The van der Waals surface area contributed by atoms with E-state index in [4.69, 9.17) is 5.73 Å². The second kappa shape index (κ2) is 5.72. The van der Waals surface area contributed by atoms with E-state index in [-0.39, 0.29) is 5.91 Å². The molecule has 4 rings (SSSR count). The maximum absolute atomic E-state index is 13.4. The topological polar surface area (TPSA) is 59.2 Å². The van der Waals surface area contributed by atoms with E-state index in [2.05, 4.69) is 4.98 Å². The van der Waals surface area contributed by atoms with Crippen LogP contribution in [0.2, 0.25) is 0 Å². The van der Waals surface area contributed by atoms with E-state index >= 15 is 0 Å². The van der Waals surface area contributed by atoms with Crippen LogP contribution in [0, 0.1) is 5.82 Å². The molecule has 1 amide bonds. The highest BCUT2D eigenvalue weighted by atomic mass is 32.1. The number of hydrogen-bond donors (Lipinski definition) is 1. The normalized spacial score (nSPS) is 13.1. The van der Waals surface area contributed by atoms with E-state index < -0.39 is 5.82 Å². The lowest BCUT2D eigenvalue weighted by Crippen LogP contribution is -2.28. The highest BCUT2D eigenvalue weighted by Crippen LogP contribution is 2.33. The lowest BCUT2D eigenvalue weighted by atomic mass is 10.1. The van der Waals surface area contributed by atoms with Crippen LogP contribution in [0.25, 0.3) is 11.3 Å². The largest absolute Gasteiger partial charge is 0.375 e. The first kappa shape index (κ1) is 14.8. The number of hydrogen-bond acceptors (Lipinski definition) is 4. The monoisotopic (exact) mass is 339 g/mol. The van der Waals surface area contributed by atoms with Crippen molar-refractivity contribution in [3.63, 3.8) is 0 Å². The van der Waals surface area contributed by atoms with E-state index in [1.54, 1.807) is 17.0 Å². The summed E-state index contributed by atoms with van der Waals surface area (Å²) in [5.74, 6) is -0.587. The van der Waals surface area contributed by atoms with Crippen molar-refractivity contribution in [2.45, 2.75) is 6.42 Å². The Morgan fingerprint density at radius 1 is 1.25 bits per heavy atom. The van der Waals surface area contributed by atoms with Gasteiger partial charge in [0.05, 0.1) is 5.69 Å². The van der Waals surface area contributed by atoms with Crippen molar-refractivity contribution in [3.8, 4) is 11.3 Å². The Hall–Kier alpha value is -2.73. The SMILES string of the molecule is Nc1nc(-c2ccc3c(c2)CCN3C(=O)c2cccc(F)c2)cs1. The van der Waals surface area contributed by atoms with Crippen LogP contribution >= 0.6 is 11.3 Å². The van der Waals surface area contributed by atoms with Crippen molar-refractivity contribution in [1.29, 1.82) is 0 Å². The van der Waals surface area contributed by atoms with Gasteiger partial charge in [-0.15, -0.1) is 11.3 Å². The predicted molar refractivity (Wildman–Crippen MR) is 93.7 cm³/mol. The van der Waals surface area contributed by atoms with Gasteiger partial charge in [-0.3, -0.25) is 4.79 Å². The molecule has 1 aliphatic heterocycles. The molecule has 1 aliphatic rings. The van der Waals surface area contributed by atoms with E-state index in [0.717, 1.165) is 28.9 Å². The zero-order chi connectivity index (χ0) is 16.7. The van der Waals surface area contributed by atoms with Gasteiger partial charge in [0.2, 0.25) is 0 Å². The molecule has 0 saturated heterocycles. The molecular formula is C18H14FN3OS. The first-order valence-corrected chi connectivity index (χ1v) is 8.41. The summed E-state index contributed by atoms with van der Waals surface area (Å²) < 4.78 is 13.4. The summed E-state index contributed by atoms with van der Waals surface area (Å²) in [6, 6.07) is 11.7. The van der Waals surface area contributed by atoms with Crippen molar-refractivity contribution >= 4 is 28.1 Å². The molecule has 24 heavy (non-hydrogen) atoms. The second-order valence-electron chi connectivity index (χ2n) is 5.63. The molecule has 0 bridgehead atoms. The highest BCUT2D eigenvalue weighted by Gasteiger charge is 2.26. The third-order valence-corrected chi connectivity index (χ3v) is 4.78. The lowest BCUT2D eigenvalue weighted by Gasteiger charge is -2.17. The van der Waals surface area contributed by atoms with Gasteiger partial charge in [-0.05, 0) is 42.3 Å². The summed E-state index contributed by atoms with van der Waals surface area (Å²) in [6.07, 6.45) is 0.768. The molecular weight excluding hydrogens is 325 g/mol. The first-order valence-electron chi connectivity index (χ1n) is 7.53. The molecule has 120 valence electrons. The van der Waals surface area contributed by atoms with Crippen LogP contribution in [-0.2, 0) is 6.42 Å². The number of rotatable bonds is 2. The fourth-order valence-corrected chi connectivity index (χ4v) is 3.54. The van der Waals surface area contributed by atoms with Gasteiger partial charge < -0.3 is 10.6 Å². The van der Waals surface area contributed by atoms with Gasteiger partial charge in [-0.2, -0.15) is 0 Å². The molecule has 0 saturated carbocycles. The minimum absolute atomic E-state index is 0.182. The third kappa shape index (κ3) is 2.55. The second-order valence-corrected chi connectivity index (χ2v) is 6.52. The first-order chi connectivity index (χ1) is 11.6. The van der Waals surface area contributed by atoms with Crippen LogP contribution in [0.1, 0.15) is 15.9 Å². The van der Waals surface area contributed by atoms with Gasteiger partial charge in [0, 0.05) is 28.7 Å². The minimum Gasteiger partial charge on any atom is -0.375 e. The van der Waals surface area contributed by atoms with E-state index in [0.29, 0.717) is 17.2 Å². The number of aromatic nitrogens is 1. The molecule has 3 aromatic rings. The van der Waals surface area contributed by atoms with Gasteiger partial charge in [0.15, 0.2) is 5.13 Å². The van der Waals surface area contributed by atoms with E-state index in [1.165, 1.54) is 23.5 Å². The van der Waals surface area contributed by atoms with Gasteiger partial charge in [-0.25, -0.2) is 9.37 Å². The molecule has 0 unspecified atom stereocenters. The number of nitrogens with two attached hydrogens (primary N) is 1. The number of carbonyl (C=O) groups excluding carboxylic acids is 1. The van der Waals surface area contributed by atoms with Crippen LogP contribution in [0.3, 0.4) is 0 Å². The molecule has 2 aromatic carbocycles. The summed E-state index contributed by atoms with van der Waals surface area (Å²) in [7, 11) is 0. The number of benzene rings is 2. The zero-order valence-corrected chi connectivity index (χ0v) is 13.5. The average molecular weight is 339 g/mol. The number of fused-ring (bicyclic) bond motifs is 1. The maximum atomic E-state index is 13.4. The molecule has 0 radical (unpaired) electrons. The molecule has 1 aromatic heterocycles. The lowest BCUT2D eigenvalue weighted by molar-refractivity contribution is 0.0989. The fraction of sp³-hybridized carbons (Fsp3) is 0.111. The van der Waals surface area contributed by atoms with Crippen molar-refractivity contribution in [2.75, 3.05) is 17.2 Å². The molecule has 4 nitrogen and oxygen atoms in total. The van der Waals surface area contributed by atoms with Crippen LogP contribution in [0.15, 0.2) is 47.8 Å². The van der Waals surface area contributed by atoms with Crippen LogP contribution < -0.4 is 10.6 Å². The minimum atomic E-state index is -0.406. The summed E-state index contributed by atoms with van der Waals surface area (Å²) in [4.78, 5) is 18.6. The number of nitrogens with zero attached hydrogens (tertiary/aromatic N) is 2. The Balaban J connectivity index is 1.66. The van der Waals surface area contributed by atoms with Gasteiger partial charge in [-0.1, -0.05) is 12.1 Å². The van der Waals surface area contributed by atoms with Crippen molar-refractivity contribution in [2.24, 2.45) is 0 Å². The van der Waals surface area contributed by atoms with Crippen LogP contribution in [0.5, 0.6) is 0 Å². The Kier molecular flexibility index (Phi) is 3.54. The average Bonchev–Trinajstić information content (AvgIpc) is 3.19. The number of amides is 1. The van der Waals surface area contributed by atoms with Gasteiger partial charge in [0.25, 0.3) is 5.91 Å². The van der Waals surface area contributed by atoms with Gasteiger partial charge >= 0.3 is 0 Å². The molecule has 0 fully saturated rings. The van der Waals surface area contributed by atoms with Crippen molar-refractivity contribution in [1.82, 2.24) is 4.98 Å². The molecule has 0 spiro atoms. The van der Waals surface area contributed by atoms with Crippen LogP contribution in [0.4, 0.5) is 15.2 Å². The predicted octanol–water partition coefficient (Wildman–Crippen LogP) is 3.73. The third-order valence-electron chi connectivity index (χ3n) is 4.11. The number of nitrogen functional groups attached to an aromatic ring is 1. The number of thiazole rings is 1. The summed E-state index contributed by atoms with van der Waals surface area (Å²) in [6.45, 7) is 0.591. The summed E-state index contributed by atoms with van der Waals surface area (Å²) >= 11 is 1.40. The van der Waals surface area contributed by atoms with Crippen LogP contribution in [-0.4, -0.2) is 17.4 Å². The maximum Gasteiger partial charge on any atom is 0.258 e. The molecule has 2 N–H and O–H groups in total. The standard InChI is InChI=1S/C18H14FN3OS/c19-14-3-1-2-13(9-14)17(23)22-7-6-12-8-11(4-5-16(12)22)15-10-24-18(20)21-15/h1-5,8-10H,6-7H2,(H2,20,21). The van der Waals surface area contributed by atoms with E-state index in [9.17, 15) is 9.18 Å². The summed E-state index contributed by atoms with van der Waals surface area (Å²) in [5, 5.41) is 2.45. The molecule has 6 heteroatoms. The number of carbonyl (C=O) groups is 1. The van der Waals surface area contributed by atoms with Gasteiger partial charge in [0.1, 0.15) is 5.82 Å². The Labute approximate surface area is 142 Å². The zero-order valence-electron chi connectivity index (χ0n) is 12.7. The molecule has 0 atom stereocenters. The van der Waals surface area contributed by atoms with Crippen molar-refractivity contribution < 1.29 is 9.18 Å². The Morgan fingerprint density at radius 3 is 2.88 bits per heavy atom. The number of halogens is 1. The fourth-order valence-electron chi connectivity index (χ4n) is 2.97. The number of anilines is 2. The Bertz CT molecular complexity index is 938. The van der Waals surface area contributed by atoms with Crippen molar-refractivity contribution in [3.05, 3.63) is 64.8 Å². The Morgan fingerprint density at radius 2 is 2.12 bits per heavy atom. The smallest absolute Gasteiger partial charge is 0.258 e. The van der Waals surface area contributed by atoms with E-state index in [1.807, 2.05) is 23.6 Å². The quantitative estimate of drug-likeness (QED) is 0.774. The molecule has 0 aliphatic carbocycles.